The molecule has 1 fully saturated rings. The fourth-order valence-corrected chi connectivity index (χ4v) is 5.35. The number of alkyl halides is 3. The first-order chi connectivity index (χ1) is 21.7. The van der Waals surface area contributed by atoms with Gasteiger partial charge in [-0.25, -0.2) is 0 Å². The smallest absolute Gasteiger partial charge is 0.433 e. The number of nitrogens with zero attached hydrogens (tertiary/aromatic N) is 3. The molecule has 0 saturated carbocycles. The van der Waals surface area contributed by atoms with E-state index in [1.54, 1.807) is 30.3 Å². The SMILES string of the molecule is COc1ccccc1CNC(=O)c1cc(-c2cnc(C(F)(F)F)cc2C#N)c(Cl)cc1OCCN1CCC[C@H]1C(=O)OC(C)(C)C. The highest BCUT2D eigenvalue weighted by Gasteiger charge is 2.35. The van der Waals surface area contributed by atoms with Gasteiger partial charge in [0.1, 0.15) is 35.4 Å². The van der Waals surface area contributed by atoms with Crippen molar-refractivity contribution in [3.63, 3.8) is 0 Å². The summed E-state index contributed by atoms with van der Waals surface area (Å²) in [5.74, 6) is -0.203. The van der Waals surface area contributed by atoms with E-state index in [2.05, 4.69) is 10.3 Å². The van der Waals surface area contributed by atoms with Gasteiger partial charge in [-0.1, -0.05) is 29.8 Å². The number of likely N-dealkylation sites (tertiary alicyclic amines) is 1. The number of halogens is 4. The van der Waals surface area contributed by atoms with E-state index >= 15 is 0 Å². The number of esters is 1. The zero-order valence-corrected chi connectivity index (χ0v) is 26.6. The quantitative estimate of drug-likeness (QED) is 0.249. The van der Waals surface area contributed by atoms with Crippen molar-refractivity contribution in [2.75, 3.05) is 26.8 Å². The Morgan fingerprint density at radius 2 is 1.87 bits per heavy atom. The summed E-state index contributed by atoms with van der Waals surface area (Å²) in [6, 6.07) is 11.8. The molecule has 2 heterocycles. The van der Waals surface area contributed by atoms with E-state index in [1.807, 2.05) is 25.7 Å². The lowest BCUT2D eigenvalue weighted by Gasteiger charge is -2.27. The van der Waals surface area contributed by atoms with Crippen molar-refractivity contribution in [1.82, 2.24) is 15.2 Å². The molecule has 4 rings (SSSR count). The fraction of sp³-hybridized carbons (Fsp3) is 0.394. The summed E-state index contributed by atoms with van der Waals surface area (Å²) < 4.78 is 56.8. The van der Waals surface area contributed by atoms with Crippen LogP contribution in [0.2, 0.25) is 5.02 Å². The Balaban J connectivity index is 1.63. The molecule has 0 unspecified atom stereocenters. The number of benzene rings is 2. The Morgan fingerprint density at radius 3 is 2.54 bits per heavy atom. The predicted molar refractivity (Wildman–Crippen MR) is 164 cm³/mol. The number of nitrogens with one attached hydrogen (secondary N) is 1. The maximum Gasteiger partial charge on any atom is 0.433 e. The molecule has 1 N–H and O–H groups in total. The van der Waals surface area contributed by atoms with Gasteiger partial charge in [0, 0.05) is 42.0 Å². The zero-order valence-electron chi connectivity index (χ0n) is 25.8. The molecule has 1 aliphatic rings. The molecule has 2 aromatic carbocycles. The van der Waals surface area contributed by atoms with Crippen LogP contribution in [-0.4, -0.2) is 60.2 Å². The molecule has 1 amide bonds. The van der Waals surface area contributed by atoms with E-state index in [9.17, 15) is 28.0 Å². The second-order valence-corrected chi connectivity index (χ2v) is 12.0. The van der Waals surface area contributed by atoms with E-state index < -0.39 is 29.4 Å². The molecular weight excluding hydrogens is 625 g/mol. The van der Waals surface area contributed by atoms with Gasteiger partial charge < -0.3 is 19.5 Å². The fourth-order valence-electron chi connectivity index (χ4n) is 5.10. The van der Waals surface area contributed by atoms with Crippen molar-refractivity contribution < 1.29 is 37.0 Å². The number of ether oxygens (including phenoxy) is 3. The molecule has 1 saturated heterocycles. The van der Waals surface area contributed by atoms with Crippen molar-refractivity contribution in [2.45, 2.75) is 58.0 Å². The number of methoxy groups -OCH3 is 1. The number of aromatic nitrogens is 1. The third kappa shape index (κ3) is 8.47. The highest BCUT2D eigenvalue weighted by atomic mass is 35.5. The van der Waals surface area contributed by atoms with Crippen LogP contribution in [0.3, 0.4) is 0 Å². The Labute approximate surface area is 270 Å². The summed E-state index contributed by atoms with van der Waals surface area (Å²) in [4.78, 5) is 31.8. The third-order valence-electron chi connectivity index (χ3n) is 7.23. The minimum absolute atomic E-state index is 0.0168. The van der Waals surface area contributed by atoms with E-state index in [-0.39, 0.29) is 52.1 Å². The highest BCUT2D eigenvalue weighted by molar-refractivity contribution is 6.33. The van der Waals surface area contributed by atoms with Crippen molar-refractivity contribution >= 4 is 23.5 Å². The van der Waals surface area contributed by atoms with Crippen LogP contribution in [0.15, 0.2) is 48.7 Å². The van der Waals surface area contributed by atoms with Crippen molar-refractivity contribution in [3.8, 4) is 28.7 Å². The third-order valence-corrected chi connectivity index (χ3v) is 7.54. The predicted octanol–water partition coefficient (Wildman–Crippen LogP) is 6.42. The lowest BCUT2D eigenvalue weighted by atomic mass is 9.98. The van der Waals surface area contributed by atoms with Crippen molar-refractivity contribution in [3.05, 3.63) is 76.1 Å². The lowest BCUT2D eigenvalue weighted by molar-refractivity contribution is -0.160. The molecule has 1 atom stereocenters. The Kier molecular flexibility index (Phi) is 10.8. The standard InChI is InChI=1S/C33H34ClF3N4O5/c1-32(2,3)46-31(43)26-9-7-11-41(26)12-13-45-28-16-25(34)22(24-19-39-29(33(35,36)37)14-21(24)17-38)15-23(28)30(42)40-18-20-8-5-6-10-27(20)44-4/h5-6,8,10,14-16,19,26H,7,9,11-13,18H2,1-4H3,(H,40,42)/t26-/m0/s1. The van der Waals surface area contributed by atoms with Gasteiger partial charge in [-0.05, 0) is 58.4 Å². The molecular formula is C33H34ClF3N4O5. The first-order valence-corrected chi connectivity index (χ1v) is 14.9. The van der Waals surface area contributed by atoms with Crippen LogP contribution in [0.5, 0.6) is 11.5 Å². The van der Waals surface area contributed by atoms with Crippen LogP contribution in [0.25, 0.3) is 11.1 Å². The maximum absolute atomic E-state index is 13.6. The van der Waals surface area contributed by atoms with E-state index in [4.69, 9.17) is 25.8 Å². The van der Waals surface area contributed by atoms with Gasteiger partial charge >= 0.3 is 12.1 Å². The zero-order chi connectivity index (χ0) is 33.6. The molecule has 9 nitrogen and oxygen atoms in total. The van der Waals surface area contributed by atoms with Gasteiger partial charge in [0.25, 0.3) is 5.91 Å². The van der Waals surface area contributed by atoms with Crippen LogP contribution in [-0.2, 0) is 22.3 Å². The molecule has 1 aromatic heterocycles. The highest BCUT2D eigenvalue weighted by Crippen LogP contribution is 2.38. The molecule has 0 aliphatic carbocycles. The summed E-state index contributed by atoms with van der Waals surface area (Å²) in [5.41, 5.74) is -1.30. The topological polar surface area (TPSA) is 114 Å². The molecule has 46 heavy (non-hydrogen) atoms. The molecule has 0 bridgehead atoms. The maximum atomic E-state index is 13.6. The largest absolute Gasteiger partial charge is 0.496 e. The second kappa shape index (κ2) is 14.4. The number of pyridine rings is 1. The van der Waals surface area contributed by atoms with Gasteiger partial charge in [-0.3, -0.25) is 19.5 Å². The number of nitriles is 1. The monoisotopic (exact) mass is 658 g/mol. The van der Waals surface area contributed by atoms with E-state index in [0.717, 1.165) is 12.6 Å². The second-order valence-electron chi connectivity index (χ2n) is 11.6. The number of carbonyl (C=O) groups excluding carboxylic acids is 2. The number of carbonyl (C=O) groups is 2. The van der Waals surface area contributed by atoms with Crippen LogP contribution >= 0.6 is 11.6 Å². The normalized spacial score (nSPS) is 15.2. The number of para-hydroxylation sites is 1. The van der Waals surface area contributed by atoms with Gasteiger partial charge in [-0.15, -0.1) is 0 Å². The molecule has 244 valence electrons. The average Bonchev–Trinajstić information content (AvgIpc) is 3.47. The minimum Gasteiger partial charge on any atom is -0.496 e. The summed E-state index contributed by atoms with van der Waals surface area (Å²) in [5, 5.41) is 12.5. The Bertz CT molecular complexity index is 1630. The molecule has 1 aliphatic heterocycles. The average molecular weight is 659 g/mol. The Morgan fingerprint density at radius 1 is 1.13 bits per heavy atom. The first-order valence-electron chi connectivity index (χ1n) is 14.5. The van der Waals surface area contributed by atoms with Crippen LogP contribution < -0.4 is 14.8 Å². The summed E-state index contributed by atoms with van der Waals surface area (Å²) in [6.45, 7) is 6.62. The summed E-state index contributed by atoms with van der Waals surface area (Å²) in [7, 11) is 1.51. The number of amides is 1. The van der Waals surface area contributed by atoms with E-state index in [0.29, 0.717) is 36.9 Å². The van der Waals surface area contributed by atoms with Crippen LogP contribution in [0.1, 0.15) is 60.8 Å². The Hall–Kier alpha value is -4.34. The summed E-state index contributed by atoms with van der Waals surface area (Å²) >= 11 is 6.58. The number of hydrogen-bond donors (Lipinski definition) is 1. The van der Waals surface area contributed by atoms with Gasteiger partial charge in [0.2, 0.25) is 0 Å². The first kappa shape index (κ1) is 34.5. The summed E-state index contributed by atoms with van der Waals surface area (Å²) in [6.07, 6.45) is -2.39. The van der Waals surface area contributed by atoms with Crippen molar-refractivity contribution in [2.24, 2.45) is 0 Å². The molecule has 3 aromatic rings. The number of hydrogen-bond acceptors (Lipinski definition) is 8. The number of rotatable bonds is 10. The van der Waals surface area contributed by atoms with Gasteiger partial charge in [-0.2, -0.15) is 18.4 Å². The molecule has 13 heteroatoms. The van der Waals surface area contributed by atoms with Gasteiger partial charge in [0.15, 0.2) is 0 Å². The lowest BCUT2D eigenvalue weighted by Crippen LogP contribution is -2.42. The molecule has 0 spiro atoms. The minimum atomic E-state index is -4.76. The van der Waals surface area contributed by atoms with E-state index in [1.165, 1.54) is 19.2 Å². The van der Waals surface area contributed by atoms with Crippen LogP contribution in [0.4, 0.5) is 13.2 Å². The van der Waals surface area contributed by atoms with Gasteiger partial charge in [0.05, 0.1) is 29.3 Å². The van der Waals surface area contributed by atoms with Crippen LogP contribution in [0, 0.1) is 11.3 Å². The molecule has 0 radical (unpaired) electrons. The van der Waals surface area contributed by atoms with Crippen molar-refractivity contribution in [1.29, 1.82) is 5.26 Å².